The van der Waals surface area contributed by atoms with Gasteiger partial charge >= 0.3 is 0 Å². The van der Waals surface area contributed by atoms with E-state index < -0.39 is 0 Å². The van der Waals surface area contributed by atoms with Gasteiger partial charge in [0.1, 0.15) is 12.4 Å². The predicted octanol–water partition coefficient (Wildman–Crippen LogP) is 0.844. The highest BCUT2D eigenvalue weighted by Gasteiger charge is 2.42. The lowest BCUT2D eigenvalue weighted by molar-refractivity contribution is 0.156. The van der Waals surface area contributed by atoms with Crippen LogP contribution in [0.3, 0.4) is 0 Å². The smallest absolute Gasteiger partial charge is 0.194 e. The van der Waals surface area contributed by atoms with Crippen LogP contribution in [0.5, 0.6) is 0 Å². The highest BCUT2D eigenvalue weighted by Crippen LogP contribution is 2.38. The molecular weight excluding hydrogens is 292 g/mol. The maximum absolute atomic E-state index is 5.64. The van der Waals surface area contributed by atoms with Crippen LogP contribution >= 0.6 is 0 Å². The number of ether oxygens (including phenoxy) is 1. The maximum Gasteiger partial charge on any atom is 0.194 e. The van der Waals surface area contributed by atoms with Gasteiger partial charge in [-0.15, -0.1) is 10.2 Å². The van der Waals surface area contributed by atoms with Crippen molar-refractivity contribution in [2.24, 2.45) is 17.5 Å². The molecule has 3 aliphatic rings. The number of nitrogens with zero attached hydrogens (tertiary/aromatic N) is 5. The second-order valence-electron chi connectivity index (χ2n) is 7.26. The van der Waals surface area contributed by atoms with Crippen molar-refractivity contribution in [1.29, 1.82) is 0 Å². The molecule has 1 N–H and O–H groups in total. The van der Waals surface area contributed by atoms with Gasteiger partial charge in [-0.2, -0.15) is 0 Å². The van der Waals surface area contributed by atoms with E-state index in [9.17, 15) is 0 Å². The SMILES string of the molecule is Cc1nnc(CN=C(NC2CC2)N2CCC3(CCOC3)C2)n1C. The second-order valence-corrected chi connectivity index (χ2v) is 7.26. The first-order valence-corrected chi connectivity index (χ1v) is 8.64. The van der Waals surface area contributed by atoms with Crippen molar-refractivity contribution in [1.82, 2.24) is 25.0 Å². The van der Waals surface area contributed by atoms with E-state index in [4.69, 9.17) is 9.73 Å². The molecule has 1 aromatic rings. The van der Waals surface area contributed by atoms with Crippen LogP contribution in [0.2, 0.25) is 0 Å². The molecule has 1 atom stereocenters. The predicted molar refractivity (Wildman–Crippen MR) is 87.1 cm³/mol. The molecule has 0 bridgehead atoms. The van der Waals surface area contributed by atoms with Crippen molar-refractivity contribution in [2.75, 3.05) is 26.3 Å². The van der Waals surface area contributed by atoms with E-state index in [2.05, 4.69) is 20.4 Å². The van der Waals surface area contributed by atoms with E-state index >= 15 is 0 Å². The van der Waals surface area contributed by atoms with Gasteiger partial charge in [-0.25, -0.2) is 4.99 Å². The minimum absolute atomic E-state index is 0.355. The summed E-state index contributed by atoms with van der Waals surface area (Å²) in [5, 5.41) is 11.9. The molecule has 7 heteroatoms. The van der Waals surface area contributed by atoms with Gasteiger partial charge in [0.15, 0.2) is 11.8 Å². The molecule has 4 rings (SSSR count). The topological polar surface area (TPSA) is 67.6 Å². The quantitative estimate of drug-likeness (QED) is 0.661. The van der Waals surface area contributed by atoms with Crippen molar-refractivity contribution in [2.45, 2.75) is 45.2 Å². The van der Waals surface area contributed by atoms with E-state index in [0.29, 0.717) is 18.0 Å². The first kappa shape index (κ1) is 14.9. The van der Waals surface area contributed by atoms with E-state index in [-0.39, 0.29) is 0 Å². The minimum Gasteiger partial charge on any atom is -0.381 e. The lowest BCUT2D eigenvalue weighted by Gasteiger charge is -2.25. The Bertz CT molecular complexity index is 600. The molecular formula is C16H26N6O. The summed E-state index contributed by atoms with van der Waals surface area (Å²) in [6.07, 6.45) is 4.90. The zero-order chi connectivity index (χ0) is 15.9. The van der Waals surface area contributed by atoms with Gasteiger partial charge in [0.25, 0.3) is 0 Å². The van der Waals surface area contributed by atoms with Crippen LogP contribution in [0, 0.1) is 12.3 Å². The van der Waals surface area contributed by atoms with Crippen molar-refractivity contribution >= 4 is 5.96 Å². The molecule has 2 aliphatic heterocycles. The van der Waals surface area contributed by atoms with Crippen LogP contribution in [0.25, 0.3) is 0 Å². The summed E-state index contributed by atoms with van der Waals surface area (Å²) >= 11 is 0. The molecule has 7 nitrogen and oxygen atoms in total. The fraction of sp³-hybridized carbons (Fsp3) is 0.812. The Morgan fingerprint density at radius 2 is 2.26 bits per heavy atom. The molecule has 3 heterocycles. The number of aliphatic imine (C=N–C) groups is 1. The number of likely N-dealkylation sites (tertiary alicyclic amines) is 1. The largest absolute Gasteiger partial charge is 0.381 e. The van der Waals surface area contributed by atoms with E-state index in [1.54, 1.807) is 0 Å². The van der Waals surface area contributed by atoms with Crippen LogP contribution < -0.4 is 5.32 Å². The fourth-order valence-corrected chi connectivity index (χ4v) is 3.47. The fourth-order valence-electron chi connectivity index (χ4n) is 3.47. The number of aryl methyl sites for hydroxylation is 1. The Hall–Kier alpha value is -1.63. The number of hydrogen-bond acceptors (Lipinski definition) is 4. The van der Waals surface area contributed by atoms with Crippen molar-refractivity contribution in [3.63, 3.8) is 0 Å². The minimum atomic E-state index is 0.355. The normalized spacial score (nSPS) is 28.1. The third-order valence-electron chi connectivity index (χ3n) is 5.39. The Kier molecular flexibility index (Phi) is 3.75. The zero-order valence-electron chi connectivity index (χ0n) is 14.1. The van der Waals surface area contributed by atoms with Crippen LogP contribution in [-0.4, -0.2) is 58.0 Å². The van der Waals surface area contributed by atoms with Gasteiger partial charge in [0.05, 0.1) is 6.61 Å². The van der Waals surface area contributed by atoms with Crippen LogP contribution in [0.15, 0.2) is 4.99 Å². The molecule has 1 aliphatic carbocycles. The molecule has 2 saturated heterocycles. The maximum atomic E-state index is 5.64. The highest BCUT2D eigenvalue weighted by molar-refractivity contribution is 5.81. The summed E-state index contributed by atoms with van der Waals surface area (Å²) in [6.45, 7) is 6.49. The molecule has 1 aromatic heterocycles. The van der Waals surface area contributed by atoms with Crippen molar-refractivity contribution in [3.8, 4) is 0 Å². The third kappa shape index (κ3) is 3.06. The molecule has 0 aromatic carbocycles. The first-order valence-electron chi connectivity index (χ1n) is 8.64. The highest BCUT2D eigenvalue weighted by atomic mass is 16.5. The van der Waals surface area contributed by atoms with E-state index in [1.165, 1.54) is 25.7 Å². The molecule has 3 fully saturated rings. The van der Waals surface area contributed by atoms with Gasteiger partial charge in [0, 0.05) is 38.2 Å². The first-order chi connectivity index (χ1) is 11.2. The Labute approximate surface area is 137 Å². The summed E-state index contributed by atoms with van der Waals surface area (Å²) in [4.78, 5) is 7.27. The molecule has 0 radical (unpaired) electrons. The number of rotatable bonds is 3. The van der Waals surface area contributed by atoms with Gasteiger partial charge in [0.2, 0.25) is 0 Å². The summed E-state index contributed by atoms with van der Waals surface area (Å²) in [6, 6.07) is 0.603. The molecule has 1 saturated carbocycles. The summed E-state index contributed by atoms with van der Waals surface area (Å²) in [7, 11) is 1.99. The average Bonchev–Trinajstić information content (AvgIpc) is 2.95. The van der Waals surface area contributed by atoms with Gasteiger partial charge in [-0.3, -0.25) is 0 Å². The Morgan fingerprint density at radius 3 is 2.91 bits per heavy atom. The van der Waals surface area contributed by atoms with Gasteiger partial charge < -0.3 is 19.5 Å². The number of hydrogen-bond donors (Lipinski definition) is 1. The van der Waals surface area contributed by atoms with Crippen molar-refractivity contribution < 1.29 is 4.74 Å². The van der Waals surface area contributed by atoms with Crippen LogP contribution in [0.1, 0.15) is 37.3 Å². The summed E-state index contributed by atoms with van der Waals surface area (Å²) in [5.74, 6) is 2.88. The van der Waals surface area contributed by atoms with E-state index in [0.717, 1.165) is 43.9 Å². The van der Waals surface area contributed by atoms with E-state index in [1.807, 2.05) is 18.5 Å². The lowest BCUT2D eigenvalue weighted by atomic mass is 9.87. The summed E-state index contributed by atoms with van der Waals surface area (Å²) in [5.41, 5.74) is 0.355. The molecule has 1 spiro atoms. The third-order valence-corrected chi connectivity index (χ3v) is 5.39. The van der Waals surface area contributed by atoms with Crippen LogP contribution in [-0.2, 0) is 18.3 Å². The Morgan fingerprint density at radius 1 is 1.39 bits per heavy atom. The lowest BCUT2D eigenvalue weighted by Crippen LogP contribution is -2.42. The standard InChI is InChI=1S/C16H26N6O/c1-12-19-20-14(21(12)2)9-17-15(18-13-3-4-13)22-7-5-16(10-22)6-8-23-11-16/h13H,3-11H2,1-2H3,(H,17,18). The molecule has 23 heavy (non-hydrogen) atoms. The van der Waals surface area contributed by atoms with Gasteiger partial charge in [-0.1, -0.05) is 0 Å². The Balaban J connectivity index is 1.48. The van der Waals surface area contributed by atoms with Gasteiger partial charge in [-0.05, 0) is 32.6 Å². The number of aromatic nitrogens is 3. The molecule has 126 valence electrons. The second kappa shape index (κ2) is 5.78. The van der Waals surface area contributed by atoms with Crippen molar-refractivity contribution in [3.05, 3.63) is 11.6 Å². The van der Waals surface area contributed by atoms with Crippen LogP contribution in [0.4, 0.5) is 0 Å². The number of nitrogens with one attached hydrogen (secondary N) is 1. The molecule has 1 unspecified atom stereocenters. The monoisotopic (exact) mass is 318 g/mol. The molecule has 0 amide bonds. The zero-order valence-corrected chi connectivity index (χ0v) is 14.1. The number of guanidine groups is 1. The summed E-state index contributed by atoms with van der Waals surface area (Å²) < 4.78 is 7.65. The average molecular weight is 318 g/mol.